The van der Waals surface area contributed by atoms with E-state index in [0.717, 1.165) is 12.8 Å². The molecule has 0 aromatic carbocycles. The number of carbonyl (C=O) groups excluding carboxylic acids is 2. The lowest BCUT2D eigenvalue weighted by Gasteiger charge is -2.25. The summed E-state index contributed by atoms with van der Waals surface area (Å²) in [6, 6.07) is 2.91. The monoisotopic (exact) mass is 422 g/mol. The summed E-state index contributed by atoms with van der Waals surface area (Å²) in [5.41, 5.74) is 6.06. The largest absolute Gasteiger partial charge is 0.345 e. The molecule has 2 heterocycles. The van der Waals surface area contributed by atoms with E-state index in [0.29, 0.717) is 25.2 Å². The van der Waals surface area contributed by atoms with Gasteiger partial charge in [-0.2, -0.15) is 4.31 Å². The molecule has 3 N–H and O–H groups in total. The molecule has 29 heavy (non-hydrogen) atoms. The molecule has 3 rings (SSSR count). The van der Waals surface area contributed by atoms with Gasteiger partial charge in [0.25, 0.3) is 10.0 Å². The average Bonchev–Trinajstić information content (AvgIpc) is 3.17. The minimum absolute atomic E-state index is 0.0827. The maximum absolute atomic E-state index is 12.9. The van der Waals surface area contributed by atoms with Gasteiger partial charge in [-0.05, 0) is 44.2 Å². The first-order valence-corrected chi connectivity index (χ1v) is 11.7. The zero-order valence-electron chi connectivity index (χ0n) is 16.8. The van der Waals surface area contributed by atoms with Crippen LogP contribution >= 0.6 is 0 Å². The molecular weight excluding hydrogens is 392 g/mol. The van der Waals surface area contributed by atoms with Gasteiger partial charge in [0.05, 0.1) is 18.6 Å². The quantitative estimate of drug-likeness (QED) is 0.711. The molecule has 1 aromatic rings. The van der Waals surface area contributed by atoms with Crippen molar-refractivity contribution < 1.29 is 18.0 Å². The number of nitrogens with two attached hydrogens (primary N) is 1. The fourth-order valence-electron chi connectivity index (χ4n) is 4.22. The number of aromatic nitrogens is 1. The molecule has 160 valence electrons. The van der Waals surface area contributed by atoms with E-state index in [4.69, 9.17) is 5.73 Å². The van der Waals surface area contributed by atoms with Crippen molar-refractivity contribution >= 4 is 21.7 Å². The van der Waals surface area contributed by atoms with Gasteiger partial charge < -0.3 is 11.1 Å². The number of carbonyl (C=O) groups is 2. The summed E-state index contributed by atoms with van der Waals surface area (Å²) in [6.45, 7) is 1.48. The van der Waals surface area contributed by atoms with Gasteiger partial charge in [0.2, 0.25) is 5.91 Å². The van der Waals surface area contributed by atoms with Crippen LogP contribution in [-0.2, 0) is 19.6 Å². The number of pyridine rings is 1. The lowest BCUT2D eigenvalue weighted by molar-refractivity contribution is -0.128. The number of hydrogen-bond acceptors (Lipinski definition) is 6. The Morgan fingerprint density at radius 3 is 2.66 bits per heavy atom. The predicted octanol–water partition coefficient (Wildman–Crippen LogP) is 1.22. The Morgan fingerprint density at radius 1 is 1.28 bits per heavy atom. The van der Waals surface area contributed by atoms with Gasteiger partial charge in [-0.25, -0.2) is 13.4 Å². The first-order valence-electron chi connectivity index (χ1n) is 10.3. The number of hydrogen-bond donors (Lipinski definition) is 2. The Hall–Kier alpha value is -1.84. The van der Waals surface area contributed by atoms with Crippen molar-refractivity contribution in [3.63, 3.8) is 0 Å². The zero-order chi connectivity index (χ0) is 21.0. The first-order chi connectivity index (χ1) is 13.8. The van der Waals surface area contributed by atoms with E-state index in [9.17, 15) is 18.0 Å². The molecule has 8 nitrogen and oxygen atoms in total. The SMILES string of the molecule is C[C@@H]1CC[C@H](NC(=O)[C@@H](N)CC2CCCC2)C(=O)CN1S(=O)(=O)c1ccccn1. The zero-order valence-corrected chi connectivity index (χ0v) is 17.6. The third-order valence-electron chi connectivity index (χ3n) is 5.99. The molecule has 9 heteroatoms. The summed E-state index contributed by atoms with van der Waals surface area (Å²) in [4.78, 5) is 29.2. The van der Waals surface area contributed by atoms with E-state index in [-0.39, 0.29) is 29.3 Å². The van der Waals surface area contributed by atoms with Crippen molar-refractivity contribution in [1.29, 1.82) is 0 Å². The van der Waals surface area contributed by atoms with Gasteiger partial charge in [0.1, 0.15) is 0 Å². The summed E-state index contributed by atoms with van der Waals surface area (Å²) in [6.07, 6.45) is 7.44. The molecule has 1 saturated heterocycles. The Morgan fingerprint density at radius 2 is 2.00 bits per heavy atom. The van der Waals surface area contributed by atoms with Crippen LogP contribution in [0.5, 0.6) is 0 Å². The molecule has 1 aromatic heterocycles. The van der Waals surface area contributed by atoms with Crippen molar-refractivity contribution in [3.05, 3.63) is 24.4 Å². The second-order valence-electron chi connectivity index (χ2n) is 8.16. The standard InChI is InChI=1S/C20H30N4O4S/c1-14-9-10-17(23-20(26)16(21)12-15-6-2-3-7-15)18(25)13-24(14)29(27,28)19-8-4-5-11-22-19/h4-5,8,11,14-17H,2-3,6-7,9-10,12-13,21H2,1H3,(H,23,26)/t14-,16+,17+/m1/s1. The normalized spacial score (nSPS) is 25.5. The van der Waals surface area contributed by atoms with Crippen LogP contribution in [0.15, 0.2) is 29.4 Å². The summed E-state index contributed by atoms with van der Waals surface area (Å²) >= 11 is 0. The molecule has 2 fully saturated rings. The molecule has 1 saturated carbocycles. The van der Waals surface area contributed by atoms with Crippen LogP contribution < -0.4 is 11.1 Å². The van der Waals surface area contributed by atoms with Crippen molar-refractivity contribution in [2.75, 3.05) is 6.54 Å². The van der Waals surface area contributed by atoms with E-state index in [1.165, 1.54) is 29.4 Å². The van der Waals surface area contributed by atoms with Crippen molar-refractivity contribution in [3.8, 4) is 0 Å². The van der Waals surface area contributed by atoms with Crippen LogP contribution in [0.3, 0.4) is 0 Å². The van der Waals surface area contributed by atoms with Crippen molar-refractivity contribution in [2.24, 2.45) is 11.7 Å². The molecule has 0 spiro atoms. The number of Topliss-reactive ketones (excluding diaryl/α,β-unsaturated/α-hetero) is 1. The summed E-state index contributed by atoms with van der Waals surface area (Å²) in [7, 11) is -3.89. The van der Waals surface area contributed by atoms with Crippen LogP contribution in [0, 0.1) is 5.92 Å². The minimum Gasteiger partial charge on any atom is -0.345 e. The first kappa shape index (κ1) is 21.9. The summed E-state index contributed by atoms with van der Waals surface area (Å²) in [5, 5.41) is 2.68. The van der Waals surface area contributed by atoms with Gasteiger partial charge in [-0.15, -0.1) is 0 Å². The number of sulfonamides is 1. The van der Waals surface area contributed by atoms with Gasteiger partial charge >= 0.3 is 0 Å². The second kappa shape index (κ2) is 9.32. The Balaban J connectivity index is 1.65. The Labute approximate surface area is 172 Å². The molecule has 0 radical (unpaired) electrons. The Bertz CT molecular complexity index is 824. The molecule has 1 aliphatic carbocycles. The molecule has 3 atom stereocenters. The van der Waals surface area contributed by atoms with E-state index < -0.39 is 22.1 Å². The van der Waals surface area contributed by atoms with Crippen LogP contribution in [0.4, 0.5) is 0 Å². The maximum Gasteiger partial charge on any atom is 0.261 e. The smallest absolute Gasteiger partial charge is 0.261 e. The highest BCUT2D eigenvalue weighted by Gasteiger charge is 2.37. The third kappa shape index (κ3) is 5.21. The number of nitrogens with one attached hydrogen (secondary N) is 1. The van der Waals surface area contributed by atoms with Gasteiger partial charge in [0, 0.05) is 12.2 Å². The van der Waals surface area contributed by atoms with Crippen molar-refractivity contribution in [1.82, 2.24) is 14.6 Å². The van der Waals surface area contributed by atoms with E-state index in [1.54, 1.807) is 19.1 Å². The van der Waals surface area contributed by atoms with E-state index in [1.807, 2.05) is 0 Å². The molecule has 0 unspecified atom stereocenters. The van der Waals surface area contributed by atoms with Crippen LogP contribution in [-0.4, -0.2) is 54.1 Å². The van der Waals surface area contributed by atoms with Gasteiger partial charge in [-0.1, -0.05) is 31.7 Å². The predicted molar refractivity (Wildman–Crippen MR) is 108 cm³/mol. The lowest BCUT2D eigenvalue weighted by atomic mass is 9.98. The van der Waals surface area contributed by atoms with Gasteiger partial charge in [-0.3, -0.25) is 9.59 Å². The van der Waals surface area contributed by atoms with E-state index >= 15 is 0 Å². The number of ketones is 1. The number of rotatable bonds is 6. The molecular formula is C20H30N4O4S. The number of nitrogens with zero attached hydrogens (tertiary/aromatic N) is 2. The fourth-order valence-corrected chi connectivity index (χ4v) is 5.78. The highest BCUT2D eigenvalue weighted by molar-refractivity contribution is 7.89. The molecule has 0 bridgehead atoms. The van der Waals surface area contributed by atoms with Crippen molar-refractivity contribution in [2.45, 2.75) is 75.0 Å². The average molecular weight is 423 g/mol. The third-order valence-corrected chi connectivity index (χ3v) is 7.87. The molecule has 1 amide bonds. The van der Waals surface area contributed by atoms with E-state index in [2.05, 4.69) is 10.3 Å². The van der Waals surface area contributed by atoms with Crippen LogP contribution in [0.2, 0.25) is 0 Å². The number of amides is 1. The van der Waals surface area contributed by atoms with Crippen LogP contribution in [0.1, 0.15) is 51.9 Å². The molecule has 1 aliphatic heterocycles. The van der Waals surface area contributed by atoms with Crippen LogP contribution in [0.25, 0.3) is 0 Å². The lowest BCUT2D eigenvalue weighted by Crippen LogP contribution is -2.50. The highest BCUT2D eigenvalue weighted by atomic mass is 32.2. The highest BCUT2D eigenvalue weighted by Crippen LogP contribution is 2.28. The van der Waals surface area contributed by atoms with Gasteiger partial charge in [0.15, 0.2) is 10.8 Å². The summed E-state index contributed by atoms with van der Waals surface area (Å²) < 4.78 is 27.0. The fraction of sp³-hybridized carbons (Fsp3) is 0.650. The Kier molecular flexibility index (Phi) is 7.02. The summed E-state index contributed by atoms with van der Waals surface area (Å²) in [5.74, 6) is -0.182. The minimum atomic E-state index is -3.89. The second-order valence-corrected chi connectivity index (χ2v) is 10.0. The topological polar surface area (TPSA) is 122 Å². The molecule has 2 aliphatic rings. The maximum atomic E-state index is 12.9.